The highest BCUT2D eigenvalue weighted by atomic mass is 32.2. The number of thioether (sulfide) groups is 1. The minimum Gasteiger partial charge on any atom is -0.465 e. The van der Waals surface area contributed by atoms with Gasteiger partial charge in [-0.25, -0.2) is 4.79 Å². The van der Waals surface area contributed by atoms with Gasteiger partial charge in [-0.1, -0.05) is 0 Å². The van der Waals surface area contributed by atoms with Gasteiger partial charge in [-0.2, -0.15) is 0 Å². The summed E-state index contributed by atoms with van der Waals surface area (Å²) >= 11 is 1.22. The summed E-state index contributed by atoms with van der Waals surface area (Å²) < 4.78 is 4.51. The first-order chi connectivity index (χ1) is 7.52. The first kappa shape index (κ1) is 12.3. The van der Waals surface area contributed by atoms with E-state index >= 15 is 0 Å². The molecule has 0 unspecified atom stereocenters. The van der Waals surface area contributed by atoms with Crippen LogP contribution in [-0.4, -0.2) is 24.3 Å². The van der Waals surface area contributed by atoms with E-state index in [1.807, 2.05) is 0 Å². The Morgan fingerprint density at radius 3 is 2.62 bits per heavy atom. The molecular weight excluding hydrogens is 232 g/mol. The average molecular weight is 242 g/mol. The molecule has 1 rings (SSSR count). The quantitative estimate of drug-likeness (QED) is 0.285. The summed E-state index contributed by atoms with van der Waals surface area (Å²) in [4.78, 5) is 22.1. The van der Waals surface area contributed by atoms with E-state index in [4.69, 9.17) is 5.73 Å². The molecule has 0 aliphatic rings. The van der Waals surface area contributed by atoms with Crippen molar-refractivity contribution in [2.75, 3.05) is 19.1 Å². The standard InChI is InChI=1S/C9H10N2O4S/c1-15-9(12)7-6(16-2)4-3-5(10)8(7)11(13)14/h3-4H,10H2,1-2H3. The van der Waals surface area contributed by atoms with Crippen molar-refractivity contribution in [2.45, 2.75) is 4.90 Å². The van der Waals surface area contributed by atoms with Crippen LogP contribution in [0.15, 0.2) is 17.0 Å². The van der Waals surface area contributed by atoms with Gasteiger partial charge in [-0.05, 0) is 18.4 Å². The van der Waals surface area contributed by atoms with Crippen LogP contribution in [0.1, 0.15) is 10.4 Å². The molecule has 0 bridgehead atoms. The Morgan fingerprint density at radius 1 is 1.56 bits per heavy atom. The maximum atomic E-state index is 11.5. The van der Waals surface area contributed by atoms with Gasteiger partial charge in [0.2, 0.25) is 0 Å². The number of esters is 1. The number of ether oxygens (including phenoxy) is 1. The number of nitrogens with two attached hydrogens (primary N) is 1. The molecule has 0 radical (unpaired) electrons. The lowest BCUT2D eigenvalue weighted by Gasteiger charge is -2.07. The fourth-order valence-corrected chi connectivity index (χ4v) is 1.84. The third kappa shape index (κ3) is 2.08. The van der Waals surface area contributed by atoms with E-state index < -0.39 is 16.6 Å². The molecule has 0 spiro atoms. The fourth-order valence-electron chi connectivity index (χ4n) is 1.25. The molecule has 0 aliphatic carbocycles. The molecule has 0 atom stereocenters. The largest absolute Gasteiger partial charge is 0.465 e. The topological polar surface area (TPSA) is 95.5 Å². The maximum Gasteiger partial charge on any atom is 0.346 e. The number of nitro groups is 1. The number of rotatable bonds is 3. The van der Waals surface area contributed by atoms with E-state index in [0.29, 0.717) is 4.90 Å². The fraction of sp³-hybridized carbons (Fsp3) is 0.222. The number of anilines is 1. The summed E-state index contributed by atoms with van der Waals surface area (Å²) in [5, 5.41) is 10.8. The molecule has 6 nitrogen and oxygen atoms in total. The van der Waals surface area contributed by atoms with Gasteiger partial charge in [0.25, 0.3) is 0 Å². The van der Waals surface area contributed by atoms with Crippen LogP contribution in [0.3, 0.4) is 0 Å². The van der Waals surface area contributed by atoms with E-state index in [1.54, 1.807) is 12.3 Å². The summed E-state index contributed by atoms with van der Waals surface area (Å²) in [6, 6.07) is 2.95. The zero-order valence-corrected chi connectivity index (χ0v) is 9.54. The zero-order chi connectivity index (χ0) is 12.3. The predicted octanol–water partition coefficient (Wildman–Crippen LogP) is 1.69. The van der Waals surface area contributed by atoms with Crippen LogP contribution in [0.2, 0.25) is 0 Å². The Bertz CT molecular complexity index is 447. The van der Waals surface area contributed by atoms with Crippen molar-refractivity contribution >= 4 is 29.1 Å². The molecule has 1 aromatic rings. The van der Waals surface area contributed by atoms with Crippen molar-refractivity contribution in [1.29, 1.82) is 0 Å². The lowest BCUT2D eigenvalue weighted by molar-refractivity contribution is -0.384. The SMILES string of the molecule is COC(=O)c1c(SC)ccc(N)c1[N+](=O)[O-]. The molecule has 86 valence electrons. The normalized spacial score (nSPS) is 9.88. The monoisotopic (exact) mass is 242 g/mol. The van der Waals surface area contributed by atoms with Gasteiger partial charge in [0.1, 0.15) is 5.69 Å². The van der Waals surface area contributed by atoms with Gasteiger partial charge < -0.3 is 10.5 Å². The number of hydrogen-bond acceptors (Lipinski definition) is 6. The maximum absolute atomic E-state index is 11.5. The second-order valence-electron chi connectivity index (χ2n) is 2.83. The highest BCUT2D eigenvalue weighted by Crippen LogP contribution is 2.34. The van der Waals surface area contributed by atoms with Crippen molar-refractivity contribution in [2.24, 2.45) is 0 Å². The highest BCUT2D eigenvalue weighted by Gasteiger charge is 2.27. The second kappa shape index (κ2) is 4.84. The molecule has 0 aliphatic heterocycles. The lowest BCUT2D eigenvalue weighted by Crippen LogP contribution is -2.09. The van der Waals surface area contributed by atoms with Crippen molar-refractivity contribution < 1.29 is 14.5 Å². The summed E-state index contributed by atoms with van der Waals surface area (Å²) in [5.74, 6) is -0.761. The number of carbonyl (C=O) groups excluding carboxylic acids is 1. The Hall–Kier alpha value is -1.76. The van der Waals surface area contributed by atoms with Gasteiger partial charge in [0.15, 0.2) is 5.56 Å². The van der Waals surface area contributed by atoms with Crippen LogP contribution in [0.4, 0.5) is 11.4 Å². The lowest BCUT2D eigenvalue weighted by atomic mass is 10.1. The second-order valence-corrected chi connectivity index (χ2v) is 3.68. The number of methoxy groups -OCH3 is 1. The van der Waals surface area contributed by atoms with Crippen molar-refractivity contribution in [3.63, 3.8) is 0 Å². The third-order valence-corrected chi connectivity index (χ3v) is 2.74. The predicted molar refractivity (Wildman–Crippen MR) is 60.6 cm³/mol. The smallest absolute Gasteiger partial charge is 0.346 e. The van der Waals surface area contributed by atoms with Gasteiger partial charge in [-0.3, -0.25) is 10.1 Å². The first-order valence-electron chi connectivity index (χ1n) is 4.22. The van der Waals surface area contributed by atoms with Crippen LogP contribution < -0.4 is 5.73 Å². The number of nitrogen functional groups attached to an aromatic ring is 1. The van der Waals surface area contributed by atoms with E-state index in [1.165, 1.54) is 24.9 Å². The average Bonchev–Trinajstić information content (AvgIpc) is 2.27. The Balaban J connectivity index is 3.55. The molecular formula is C9H10N2O4S. The third-order valence-electron chi connectivity index (χ3n) is 1.96. The van der Waals surface area contributed by atoms with Gasteiger partial charge in [0, 0.05) is 4.90 Å². The van der Waals surface area contributed by atoms with Gasteiger partial charge in [0.05, 0.1) is 12.0 Å². The van der Waals surface area contributed by atoms with Gasteiger partial charge >= 0.3 is 11.7 Å². The van der Waals surface area contributed by atoms with Crippen LogP contribution in [-0.2, 0) is 4.74 Å². The van der Waals surface area contributed by atoms with E-state index in [9.17, 15) is 14.9 Å². The van der Waals surface area contributed by atoms with E-state index in [2.05, 4.69) is 4.74 Å². The van der Waals surface area contributed by atoms with Crippen LogP contribution in [0.25, 0.3) is 0 Å². The molecule has 0 fully saturated rings. The van der Waals surface area contributed by atoms with Crippen LogP contribution in [0, 0.1) is 10.1 Å². The van der Waals surface area contributed by atoms with Gasteiger partial charge in [-0.15, -0.1) is 11.8 Å². The number of carbonyl (C=O) groups is 1. The molecule has 0 amide bonds. The summed E-state index contributed by atoms with van der Waals surface area (Å²) in [6.45, 7) is 0. The highest BCUT2D eigenvalue weighted by molar-refractivity contribution is 7.98. The number of hydrogen-bond donors (Lipinski definition) is 1. The molecule has 7 heteroatoms. The first-order valence-corrected chi connectivity index (χ1v) is 5.44. The molecule has 1 aromatic carbocycles. The molecule has 0 aromatic heterocycles. The Kier molecular flexibility index (Phi) is 3.73. The molecule has 16 heavy (non-hydrogen) atoms. The van der Waals surface area contributed by atoms with Crippen molar-refractivity contribution in [3.05, 3.63) is 27.8 Å². The molecule has 0 saturated heterocycles. The summed E-state index contributed by atoms with van der Waals surface area (Å²) in [7, 11) is 1.17. The molecule has 0 heterocycles. The summed E-state index contributed by atoms with van der Waals surface area (Å²) in [5.41, 5.74) is 4.93. The molecule has 0 saturated carbocycles. The van der Waals surface area contributed by atoms with Crippen LogP contribution in [0.5, 0.6) is 0 Å². The Morgan fingerprint density at radius 2 is 2.19 bits per heavy atom. The minimum atomic E-state index is -0.761. The number of benzene rings is 1. The van der Waals surface area contributed by atoms with Crippen molar-refractivity contribution in [1.82, 2.24) is 0 Å². The van der Waals surface area contributed by atoms with Crippen LogP contribution >= 0.6 is 11.8 Å². The zero-order valence-electron chi connectivity index (χ0n) is 8.72. The number of nitrogens with zero attached hydrogens (tertiary/aromatic N) is 1. The Labute approximate surface area is 95.9 Å². The minimum absolute atomic E-state index is 0.0526. The van der Waals surface area contributed by atoms with E-state index in [-0.39, 0.29) is 11.3 Å². The molecule has 2 N–H and O–H groups in total. The van der Waals surface area contributed by atoms with E-state index in [0.717, 1.165) is 0 Å². The summed E-state index contributed by atoms with van der Waals surface area (Å²) in [6.07, 6.45) is 1.71. The van der Waals surface area contributed by atoms with Crippen molar-refractivity contribution in [3.8, 4) is 0 Å². The number of nitro benzene ring substituents is 1.